The fraction of sp³-hybridized carbons (Fsp3) is 0.312. The Morgan fingerprint density at radius 3 is 2.74 bits per heavy atom. The maximum Gasteiger partial charge on any atom is 0.0685 e. The zero-order valence-corrected chi connectivity index (χ0v) is 10.8. The van der Waals surface area contributed by atoms with Crippen molar-refractivity contribution in [2.45, 2.75) is 25.1 Å². The molecule has 98 valence electrons. The standard InChI is InChI=1S/C16H18N2O/c19-15-9-16(14-7-4-8-17-10-14)18(12-15)11-13-5-2-1-3-6-13/h1-8,10,15-16,19H,9,11-12H2/t15-,16-/m1/s1. The predicted molar refractivity (Wildman–Crippen MR) is 74.5 cm³/mol. The molecule has 3 nitrogen and oxygen atoms in total. The Hall–Kier alpha value is -1.71. The van der Waals surface area contributed by atoms with Gasteiger partial charge in [0.15, 0.2) is 0 Å². The molecule has 1 fully saturated rings. The second-order valence-corrected chi connectivity index (χ2v) is 5.11. The number of likely N-dealkylation sites (tertiary alicyclic amines) is 1. The van der Waals surface area contributed by atoms with Crippen LogP contribution in [0.25, 0.3) is 0 Å². The number of hydrogen-bond donors (Lipinski definition) is 1. The maximum atomic E-state index is 9.95. The van der Waals surface area contributed by atoms with Crippen LogP contribution in [0.3, 0.4) is 0 Å². The number of rotatable bonds is 3. The Morgan fingerprint density at radius 2 is 2.00 bits per heavy atom. The first-order chi connectivity index (χ1) is 9.33. The summed E-state index contributed by atoms with van der Waals surface area (Å²) in [7, 11) is 0. The molecule has 1 aromatic heterocycles. The van der Waals surface area contributed by atoms with E-state index in [2.05, 4.69) is 40.2 Å². The third kappa shape index (κ3) is 2.83. The molecule has 0 radical (unpaired) electrons. The van der Waals surface area contributed by atoms with Gasteiger partial charge in [0.1, 0.15) is 0 Å². The first-order valence-corrected chi connectivity index (χ1v) is 6.69. The normalized spacial score (nSPS) is 23.6. The van der Waals surface area contributed by atoms with E-state index < -0.39 is 0 Å². The van der Waals surface area contributed by atoms with E-state index in [4.69, 9.17) is 0 Å². The van der Waals surface area contributed by atoms with E-state index in [0.29, 0.717) is 0 Å². The van der Waals surface area contributed by atoms with Gasteiger partial charge in [-0.05, 0) is 23.6 Å². The Balaban J connectivity index is 1.79. The molecule has 0 aliphatic carbocycles. The van der Waals surface area contributed by atoms with Crippen molar-refractivity contribution in [1.29, 1.82) is 0 Å². The second kappa shape index (κ2) is 5.51. The minimum atomic E-state index is -0.242. The molecular formula is C16H18N2O. The average Bonchev–Trinajstić information content (AvgIpc) is 2.82. The van der Waals surface area contributed by atoms with E-state index in [-0.39, 0.29) is 12.1 Å². The lowest BCUT2D eigenvalue weighted by atomic mass is 10.1. The largest absolute Gasteiger partial charge is 0.392 e. The number of β-amino-alcohol motifs (C(OH)–C–C–N with tert-alkyl or cyclic N) is 1. The van der Waals surface area contributed by atoms with Crippen molar-refractivity contribution in [3.8, 4) is 0 Å². The maximum absolute atomic E-state index is 9.95. The Bertz CT molecular complexity index is 515. The van der Waals surface area contributed by atoms with Gasteiger partial charge in [0, 0.05) is 31.5 Å². The molecular weight excluding hydrogens is 236 g/mol. The van der Waals surface area contributed by atoms with E-state index in [9.17, 15) is 5.11 Å². The predicted octanol–water partition coefficient (Wildman–Crippen LogP) is 2.39. The molecule has 2 atom stereocenters. The summed E-state index contributed by atoms with van der Waals surface area (Å²) in [5, 5.41) is 9.95. The van der Waals surface area contributed by atoms with E-state index in [1.54, 1.807) is 6.20 Å². The topological polar surface area (TPSA) is 36.4 Å². The number of aliphatic hydroxyl groups excluding tert-OH is 1. The van der Waals surface area contributed by atoms with Crippen molar-refractivity contribution in [1.82, 2.24) is 9.88 Å². The van der Waals surface area contributed by atoms with Gasteiger partial charge < -0.3 is 5.11 Å². The number of benzene rings is 1. The number of pyridine rings is 1. The van der Waals surface area contributed by atoms with Crippen LogP contribution in [-0.2, 0) is 6.54 Å². The number of aliphatic hydroxyl groups is 1. The molecule has 1 saturated heterocycles. The summed E-state index contributed by atoms with van der Waals surface area (Å²) in [5.74, 6) is 0. The molecule has 0 bridgehead atoms. The van der Waals surface area contributed by atoms with Crippen molar-refractivity contribution >= 4 is 0 Å². The van der Waals surface area contributed by atoms with Crippen LogP contribution in [0.2, 0.25) is 0 Å². The molecule has 0 amide bonds. The molecule has 0 unspecified atom stereocenters. The molecule has 3 heteroatoms. The number of aromatic nitrogens is 1. The number of hydrogen-bond acceptors (Lipinski definition) is 3. The van der Waals surface area contributed by atoms with E-state index in [1.807, 2.05) is 18.3 Å². The van der Waals surface area contributed by atoms with Crippen LogP contribution in [0.1, 0.15) is 23.6 Å². The fourth-order valence-corrected chi connectivity index (χ4v) is 2.79. The Morgan fingerprint density at radius 1 is 1.16 bits per heavy atom. The van der Waals surface area contributed by atoms with Crippen molar-refractivity contribution in [3.63, 3.8) is 0 Å². The molecule has 1 aliphatic heterocycles. The van der Waals surface area contributed by atoms with Gasteiger partial charge >= 0.3 is 0 Å². The molecule has 2 aromatic rings. The summed E-state index contributed by atoms with van der Waals surface area (Å²) in [6, 6.07) is 14.7. The highest BCUT2D eigenvalue weighted by atomic mass is 16.3. The minimum Gasteiger partial charge on any atom is -0.392 e. The van der Waals surface area contributed by atoms with Crippen LogP contribution in [0.5, 0.6) is 0 Å². The lowest BCUT2D eigenvalue weighted by Crippen LogP contribution is -2.24. The monoisotopic (exact) mass is 254 g/mol. The molecule has 0 saturated carbocycles. The van der Waals surface area contributed by atoms with E-state index in [0.717, 1.165) is 19.5 Å². The third-order valence-corrected chi connectivity index (χ3v) is 3.68. The summed E-state index contributed by atoms with van der Waals surface area (Å²) in [4.78, 5) is 6.52. The van der Waals surface area contributed by atoms with Crippen LogP contribution in [0.15, 0.2) is 54.9 Å². The van der Waals surface area contributed by atoms with E-state index >= 15 is 0 Å². The fourth-order valence-electron chi connectivity index (χ4n) is 2.79. The van der Waals surface area contributed by atoms with Crippen molar-refractivity contribution in [2.75, 3.05) is 6.54 Å². The van der Waals surface area contributed by atoms with Gasteiger partial charge in [-0.15, -0.1) is 0 Å². The van der Waals surface area contributed by atoms with Crippen LogP contribution >= 0.6 is 0 Å². The van der Waals surface area contributed by atoms with Gasteiger partial charge in [0.2, 0.25) is 0 Å². The zero-order valence-electron chi connectivity index (χ0n) is 10.8. The quantitative estimate of drug-likeness (QED) is 0.913. The molecule has 1 aromatic carbocycles. The van der Waals surface area contributed by atoms with Crippen molar-refractivity contribution in [2.24, 2.45) is 0 Å². The average molecular weight is 254 g/mol. The Kier molecular flexibility index (Phi) is 3.58. The SMILES string of the molecule is O[C@@H]1C[C@H](c2cccnc2)N(Cc2ccccc2)C1. The van der Waals surface area contributed by atoms with Crippen molar-refractivity contribution in [3.05, 3.63) is 66.0 Å². The Labute approximate surface area is 113 Å². The van der Waals surface area contributed by atoms with Gasteiger partial charge in [-0.1, -0.05) is 36.4 Å². The van der Waals surface area contributed by atoms with Gasteiger partial charge in [0.25, 0.3) is 0 Å². The zero-order chi connectivity index (χ0) is 13.1. The van der Waals surface area contributed by atoms with Gasteiger partial charge in [-0.25, -0.2) is 0 Å². The second-order valence-electron chi connectivity index (χ2n) is 5.11. The summed E-state index contributed by atoms with van der Waals surface area (Å²) in [6.07, 6.45) is 4.24. The summed E-state index contributed by atoms with van der Waals surface area (Å²) in [6.45, 7) is 1.60. The highest BCUT2D eigenvalue weighted by molar-refractivity contribution is 5.19. The first kappa shape index (κ1) is 12.3. The minimum absolute atomic E-state index is 0.242. The highest BCUT2D eigenvalue weighted by Crippen LogP contribution is 2.32. The molecule has 2 heterocycles. The number of nitrogens with zero attached hydrogens (tertiary/aromatic N) is 2. The molecule has 1 aliphatic rings. The summed E-state index contributed by atoms with van der Waals surface area (Å²) in [5.41, 5.74) is 2.47. The smallest absolute Gasteiger partial charge is 0.0685 e. The lowest BCUT2D eigenvalue weighted by Gasteiger charge is -2.24. The van der Waals surface area contributed by atoms with Gasteiger partial charge in [-0.2, -0.15) is 0 Å². The van der Waals surface area contributed by atoms with Crippen LogP contribution in [0.4, 0.5) is 0 Å². The van der Waals surface area contributed by atoms with Crippen LogP contribution in [-0.4, -0.2) is 27.6 Å². The lowest BCUT2D eigenvalue weighted by molar-refractivity contribution is 0.172. The van der Waals surface area contributed by atoms with E-state index in [1.165, 1.54) is 11.1 Å². The van der Waals surface area contributed by atoms with Crippen molar-refractivity contribution < 1.29 is 5.11 Å². The first-order valence-electron chi connectivity index (χ1n) is 6.69. The molecule has 3 rings (SSSR count). The third-order valence-electron chi connectivity index (χ3n) is 3.68. The molecule has 0 spiro atoms. The van der Waals surface area contributed by atoms with Crippen LogP contribution in [0, 0.1) is 0 Å². The summed E-state index contributed by atoms with van der Waals surface area (Å²) < 4.78 is 0. The molecule has 19 heavy (non-hydrogen) atoms. The van der Waals surface area contributed by atoms with Gasteiger partial charge in [-0.3, -0.25) is 9.88 Å². The van der Waals surface area contributed by atoms with Gasteiger partial charge in [0.05, 0.1) is 6.10 Å². The summed E-state index contributed by atoms with van der Waals surface area (Å²) >= 11 is 0. The molecule has 1 N–H and O–H groups in total. The van der Waals surface area contributed by atoms with Crippen LogP contribution < -0.4 is 0 Å². The highest BCUT2D eigenvalue weighted by Gasteiger charge is 2.31.